The van der Waals surface area contributed by atoms with Crippen molar-refractivity contribution in [1.29, 1.82) is 0 Å². The van der Waals surface area contributed by atoms with Crippen LogP contribution in [-0.4, -0.2) is 23.6 Å². The van der Waals surface area contributed by atoms with Crippen LogP contribution in [0.5, 0.6) is 0 Å². The second-order valence-electron chi connectivity index (χ2n) is 3.29. The summed E-state index contributed by atoms with van der Waals surface area (Å²) in [6, 6.07) is 8.34. The summed E-state index contributed by atoms with van der Waals surface area (Å²) in [5.74, 6) is 0. The van der Waals surface area contributed by atoms with Crippen molar-refractivity contribution in [3.8, 4) is 0 Å². The first-order chi connectivity index (χ1) is 6.58. The molecule has 0 aliphatic heterocycles. The zero-order chi connectivity index (χ0) is 10.6. The normalized spacial score (nSPS) is 11.6. The molecule has 0 heterocycles. The van der Waals surface area contributed by atoms with E-state index in [0.29, 0.717) is 0 Å². The molecule has 1 nitrogen and oxygen atoms in total. The van der Waals surface area contributed by atoms with Gasteiger partial charge in [-0.15, -0.1) is 0 Å². The molecule has 14 heavy (non-hydrogen) atoms. The predicted octanol–water partition coefficient (Wildman–Crippen LogP) is 2.82. The molecule has 0 spiro atoms. The summed E-state index contributed by atoms with van der Waals surface area (Å²) in [5, 5.41) is 0. The molecule has 0 saturated carbocycles. The summed E-state index contributed by atoms with van der Waals surface area (Å²) in [6.45, 7) is 0.962. The predicted molar refractivity (Wildman–Crippen MR) is 60.7 cm³/mol. The van der Waals surface area contributed by atoms with Crippen LogP contribution >= 0.6 is 19.4 Å². The Kier molecular flexibility index (Phi) is 5.26. The molecule has 1 aromatic rings. The average molecular weight is 319 g/mol. The Morgan fingerprint density at radius 3 is 2.21 bits per heavy atom. The fraction of sp³-hybridized carbons (Fsp3) is 0.300. The van der Waals surface area contributed by atoms with Crippen LogP contribution in [-0.2, 0) is 20.1 Å². The van der Waals surface area contributed by atoms with Crippen molar-refractivity contribution in [3.63, 3.8) is 0 Å². The first-order valence-electron chi connectivity index (χ1n) is 4.15. The van der Waals surface area contributed by atoms with Crippen molar-refractivity contribution in [2.24, 2.45) is 0 Å². The monoisotopic (exact) mass is 319 g/mol. The summed E-state index contributed by atoms with van der Waals surface area (Å²) >= 11 is -1.67. The van der Waals surface area contributed by atoms with E-state index in [4.69, 9.17) is 19.4 Å². The summed E-state index contributed by atoms with van der Waals surface area (Å²) in [7, 11) is 15.7. The third-order valence-corrected chi connectivity index (χ3v) is 3.55. The van der Waals surface area contributed by atoms with Gasteiger partial charge in [0.1, 0.15) is 0 Å². The number of nitrogens with zero attached hydrogens (tertiary/aromatic N) is 1. The van der Waals surface area contributed by atoms with Crippen molar-refractivity contribution in [2.75, 3.05) is 14.1 Å². The minimum absolute atomic E-state index is 0.962. The second-order valence-corrected chi connectivity index (χ2v) is 9.01. The van der Waals surface area contributed by atoms with Gasteiger partial charge in [-0.2, -0.15) is 0 Å². The van der Waals surface area contributed by atoms with Crippen molar-refractivity contribution in [2.45, 2.75) is 6.54 Å². The molecule has 0 saturated heterocycles. The molecule has 0 radical (unpaired) electrons. The molecule has 0 bridgehead atoms. The summed E-state index contributed by atoms with van der Waals surface area (Å²) < 4.78 is 1.95. The van der Waals surface area contributed by atoms with E-state index in [2.05, 4.69) is 43.3 Å². The van der Waals surface area contributed by atoms with Crippen LogP contribution in [0.4, 0.5) is 0 Å². The zero-order valence-electron chi connectivity index (χ0n) is 8.15. The molecule has 80 valence electrons. The average Bonchev–Trinajstić information content (AvgIpc) is 2.06. The van der Waals surface area contributed by atoms with Crippen molar-refractivity contribution in [3.05, 3.63) is 35.4 Å². The van der Waals surface area contributed by atoms with Crippen LogP contribution in [0.3, 0.4) is 0 Å². The zero-order valence-corrected chi connectivity index (χ0v) is 11.4. The van der Waals surface area contributed by atoms with E-state index in [0.717, 1.165) is 12.1 Å². The quantitative estimate of drug-likeness (QED) is 0.775. The van der Waals surface area contributed by atoms with Gasteiger partial charge in [-0.25, -0.2) is 0 Å². The molecule has 0 fully saturated rings. The van der Waals surface area contributed by atoms with Crippen LogP contribution in [0.25, 0.3) is 0 Å². The van der Waals surface area contributed by atoms with Gasteiger partial charge in [0.25, 0.3) is 0 Å². The molecule has 1 aromatic carbocycles. The molecule has 0 aliphatic carbocycles. The Bertz CT molecular complexity index is 315. The molecule has 0 unspecified atom stereocenters. The molecule has 0 aliphatic rings. The maximum atomic E-state index is 5.78. The first-order valence-corrected chi connectivity index (χ1v) is 9.63. The van der Waals surface area contributed by atoms with Gasteiger partial charge in [0, 0.05) is 0 Å². The number of halogens is 2. The molecule has 0 amide bonds. The van der Waals surface area contributed by atoms with Gasteiger partial charge in [-0.1, -0.05) is 0 Å². The molecule has 0 N–H and O–H groups in total. The summed E-state index contributed by atoms with van der Waals surface area (Å²) in [4.78, 5) is 2.14. The molecule has 0 atom stereocenters. The standard InChI is InChI=1S/C10H13N.2ClH.Ru/c1-9-4-6-10(7-5-9)8-11(2)3;;;/h1,4-7H,8H2,2-3H3;2*1H;/q;;;+2/p-2. The van der Waals surface area contributed by atoms with Gasteiger partial charge >= 0.3 is 98.4 Å². The van der Waals surface area contributed by atoms with Gasteiger partial charge in [0.2, 0.25) is 0 Å². The molecule has 4 heteroatoms. The van der Waals surface area contributed by atoms with E-state index < -0.39 is 13.5 Å². The molecular weight excluding hydrogens is 306 g/mol. The number of hydrogen-bond donors (Lipinski definition) is 0. The fourth-order valence-electron chi connectivity index (χ4n) is 1.15. The van der Waals surface area contributed by atoms with E-state index in [1.165, 1.54) is 5.56 Å². The van der Waals surface area contributed by atoms with Crippen molar-refractivity contribution < 1.29 is 13.5 Å². The van der Waals surface area contributed by atoms with E-state index in [-0.39, 0.29) is 0 Å². The van der Waals surface area contributed by atoms with Gasteiger partial charge in [-0.3, -0.25) is 0 Å². The van der Waals surface area contributed by atoms with Crippen LogP contribution in [0.2, 0.25) is 0 Å². The Balaban J connectivity index is 2.74. The SMILES string of the molecule is CN(C)Cc1ccc([CH]=[Ru]([Cl])[Cl])cc1. The van der Waals surface area contributed by atoms with Crippen LogP contribution < -0.4 is 0 Å². The Morgan fingerprint density at radius 1 is 1.21 bits per heavy atom. The van der Waals surface area contributed by atoms with Crippen LogP contribution in [0.15, 0.2) is 24.3 Å². The Morgan fingerprint density at radius 2 is 1.79 bits per heavy atom. The summed E-state index contributed by atoms with van der Waals surface area (Å²) in [5.41, 5.74) is 2.42. The van der Waals surface area contributed by atoms with Gasteiger partial charge in [-0.05, 0) is 0 Å². The Hall–Kier alpha value is 0.253. The van der Waals surface area contributed by atoms with Crippen LogP contribution in [0, 0.1) is 0 Å². The topological polar surface area (TPSA) is 3.24 Å². The first kappa shape index (κ1) is 12.3. The van der Waals surface area contributed by atoms with Gasteiger partial charge < -0.3 is 0 Å². The third-order valence-electron chi connectivity index (χ3n) is 1.67. The second kappa shape index (κ2) is 5.97. The van der Waals surface area contributed by atoms with E-state index in [1.54, 1.807) is 0 Å². The molecule has 1 rings (SSSR count). The van der Waals surface area contributed by atoms with Gasteiger partial charge in [0.05, 0.1) is 0 Å². The van der Waals surface area contributed by atoms with Crippen LogP contribution in [0.1, 0.15) is 11.1 Å². The maximum absolute atomic E-state index is 5.78. The minimum atomic E-state index is -1.67. The van der Waals surface area contributed by atoms with Gasteiger partial charge in [0.15, 0.2) is 0 Å². The summed E-state index contributed by atoms with van der Waals surface area (Å²) in [6.07, 6.45) is 0. The van der Waals surface area contributed by atoms with Crippen molar-refractivity contribution in [1.82, 2.24) is 4.90 Å². The molecule has 0 aromatic heterocycles. The Labute approximate surface area is 98.1 Å². The van der Waals surface area contributed by atoms with Crippen molar-refractivity contribution >= 4 is 24.0 Å². The third kappa shape index (κ3) is 4.66. The van der Waals surface area contributed by atoms with E-state index in [9.17, 15) is 0 Å². The number of hydrogen-bond acceptors (Lipinski definition) is 1. The van der Waals surface area contributed by atoms with E-state index in [1.807, 2.05) is 4.61 Å². The number of benzene rings is 1. The fourth-order valence-corrected chi connectivity index (χ4v) is 2.97. The number of rotatable bonds is 3. The molecular formula is C10H13Cl2NRu. The van der Waals surface area contributed by atoms with E-state index >= 15 is 0 Å².